The van der Waals surface area contributed by atoms with Gasteiger partial charge in [0.1, 0.15) is 0 Å². The molecule has 0 saturated heterocycles. The number of rotatable bonds is 9. The second kappa shape index (κ2) is 10.1. The number of hydrogen-bond acceptors (Lipinski definition) is 7. The van der Waals surface area contributed by atoms with Gasteiger partial charge in [0, 0.05) is 32.7 Å². The second-order valence-corrected chi connectivity index (χ2v) is 5.29. The first-order valence-corrected chi connectivity index (χ1v) is 8.28. The molecule has 2 N–H and O–H groups in total. The maximum absolute atomic E-state index is 12.4. The maximum Gasteiger partial charge on any atom is 0.340 e. The predicted octanol–water partition coefficient (Wildman–Crippen LogP) is 2.35. The molecule has 0 aliphatic carbocycles. The van der Waals surface area contributed by atoms with Crippen LogP contribution in [0.4, 0.5) is 11.6 Å². The largest absolute Gasteiger partial charge is 0.462 e. The van der Waals surface area contributed by atoms with Crippen LogP contribution in [-0.4, -0.2) is 48.7 Å². The SMILES string of the molecule is CCOC(=O)c1ccccc1NC(=O)c1cnc(NCCCOC)nc1. The minimum absolute atomic E-state index is 0.258. The summed E-state index contributed by atoms with van der Waals surface area (Å²) in [6.45, 7) is 3.30. The van der Waals surface area contributed by atoms with Crippen molar-refractivity contribution >= 4 is 23.5 Å². The monoisotopic (exact) mass is 358 g/mol. The van der Waals surface area contributed by atoms with Gasteiger partial charge in [-0.1, -0.05) is 12.1 Å². The number of nitrogens with zero attached hydrogens (tertiary/aromatic N) is 2. The molecule has 0 saturated carbocycles. The molecule has 0 atom stereocenters. The summed E-state index contributed by atoms with van der Waals surface area (Å²) in [7, 11) is 1.64. The first kappa shape index (κ1) is 19.3. The summed E-state index contributed by atoms with van der Waals surface area (Å²) in [4.78, 5) is 32.6. The van der Waals surface area contributed by atoms with Crippen LogP contribution in [0.15, 0.2) is 36.7 Å². The average molecular weight is 358 g/mol. The zero-order chi connectivity index (χ0) is 18.8. The molecular formula is C18H22N4O4. The Morgan fingerprint density at radius 3 is 2.58 bits per heavy atom. The lowest BCUT2D eigenvalue weighted by Crippen LogP contribution is -2.17. The van der Waals surface area contributed by atoms with Crippen molar-refractivity contribution in [3.63, 3.8) is 0 Å². The minimum atomic E-state index is -0.491. The van der Waals surface area contributed by atoms with Gasteiger partial charge in [0.25, 0.3) is 5.91 Å². The van der Waals surface area contributed by atoms with E-state index in [9.17, 15) is 9.59 Å². The summed E-state index contributed by atoms with van der Waals surface area (Å²) in [5, 5.41) is 5.73. The topological polar surface area (TPSA) is 102 Å². The zero-order valence-electron chi connectivity index (χ0n) is 14.8. The molecule has 0 aliphatic rings. The molecule has 1 aromatic heterocycles. The number of ether oxygens (including phenoxy) is 2. The molecule has 8 nitrogen and oxygen atoms in total. The van der Waals surface area contributed by atoms with Crippen molar-refractivity contribution in [3.8, 4) is 0 Å². The number of nitrogens with one attached hydrogen (secondary N) is 2. The summed E-state index contributed by atoms with van der Waals surface area (Å²) >= 11 is 0. The smallest absolute Gasteiger partial charge is 0.340 e. The summed E-state index contributed by atoms with van der Waals surface area (Å²) in [5.41, 5.74) is 0.948. The summed E-state index contributed by atoms with van der Waals surface area (Å²) in [6, 6.07) is 6.66. The van der Waals surface area contributed by atoms with Gasteiger partial charge in [-0.25, -0.2) is 14.8 Å². The van der Waals surface area contributed by atoms with Crippen LogP contribution in [0.5, 0.6) is 0 Å². The molecule has 26 heavy (non-hydrogen) atoms. The van der Waals surface area contributed by atoms with Crippen LogP contribution in [0.3, 0.4) is 0 Å². The first-order chi connectivity index (χ1) is 12.7. The quantitative estimate of drug-likeness (QED) is 0.524. The van der Waals surface area contributed by atoms with Crippen molar-refractivity contribution in [2.24, 2.45) is 0 Å². The van der Waals surface area contributed by atoms with Crippen LogP contribution < -0.4 is 10.6 Å². The molecule has 2 aromatic rings. The molecule has 0 fully saturated rings. The Kier molecular flexibility index (Phi) is 7.50. The lowest BCUT2D eigenvalue weighted by molar-refractivity contribution is 0.0527. The number of carbonyl (C=O) groups is 2. The van der Waals surface area contributed by atoms with E-state index in [0.717, 1.165) is 6.42 Å². The summed E-state index contributed by atoms with van der Waals surface area (Å²) < 4.78 is 9.96. The van der Waals surface area contributed by atoms with Gasteiger partial charge in [-0.3, -0.25) is 4.79 Å². The molecule has 0 unspecified atom stereocenters. The number of amides is 1. The number of anilines is 2. The lowest BCUT2D eigenvalue weighted by Gasteiger charge is -2.10. The fourth-order valence-electron chi connectivity index (χ4n) is 2.13. The van der Waals surface area contributed by atoms with Gasteiger partial charge >= 0.3 is 5.97 Å². The molecule has 138 valence electrons. The Bertz CT molecular complexity index is 734. The van der Waals surface area contributed by atoms with Crippen LogP contribution in [0.25, 0.3) is 0 Å². The fraction of sp³-hybridized carbons (Fsp3) is 0.333. The summed E-state index contributed by atoms with van der Waals surface area (Å²) in [6.07, 6.45) is 3.68. The van der Waals surface area contributed by atoms with Crippen molar-refractivity contribution in [1.29, 1.82) is 0 Å². The van der Waals surface area contributed by atoms with Crippen molar-refractivity contribution in [2.45, 2.75) is 13.3 Å². The van der Waals surface area contributed by atoms with Gasteiger partial charge in [0.15, 0.2) is 0 Å². The second-order valence-electron chi connectivity index (χ2n) is 5.29. The first-order valence-electron chi connectivity index (χ1n) is 8.28. The highest BCUT2D eigenvalue weighted by molar-refractivity contribution is 6.07. The zero-order valence-corrected chi connectivity index (χ0v) is 14.8. The third-order valence-corrected chi connectivity index (χ3v) is 3.39. The van der Waals surface area contributed by atoms with Gasteiger partial charge in [0.2, 0.25) is 5.95 Å². The van der Waals surface area contributed by atoms with Crippen LogP contribution in [0.1, 0.15) is 34.1 Å². The molecule has 0 radical (unpaired) electrons. The molecule has 1 amide bonds. The van der Waals surface area contributed by atoms with Gasteiger partial charge in [0.05, 0.1) is 23.4 Å². The number of methoxy groups -OCH3 is 1. The van der Waals surface area contributed by atoms with Crippen molar-refractivity contribution in [1.82, 2.24) is 9.97 Å². The van der Waals surface area contributed by atoms with Gasteiger partial charge in [-0.05, 0) is 25.5 Å². The highest BCUT2D eigenvalue weighted by Gasteiger charge is 2.15. The third kappa shape index (κ3) is 5.52. The van der Waals surface area contributed by atoms with Gasteiger partial charge in [-0.15, -0.1) is 0 Å². The van der Waals surface area contributed by atoms with Crippen molar-refractivity contribution < 1.29 is 19.1 Å². The number of aromatic nitrogens is 2. The summed E-state index contributed by atoms with van der Waals surface area (Å²) in [5.74, 6) is -0.465. The Labute approximate surface area is 151 Å². The molecule has 1 heterocycles. The minimum Gasteiger partial charge on any atom is -0.462 e. The van der Waals surface area contributed by atoms with Crippen LogP contribution in [-0.2, 0) is 9.47 Å². The van der Waals surface area contributed by atoms with Crippen molar-refractivity contribution in [2.75, 3.05) is 37.5 Å². The fourth-order valence-corrected chi connectivity index (χ4v) is 2.13. The molecule has 0 bridgehead atoms. The number of para-hydroxylation sites is 1. The molecule has 2 rings (SSSR count). The average Bonchev–Trinajstić information content (AvgIpc) is 2.66. The van der Waals surface area contributed by atoms with Gasteiger partial charge < -0.3 is 20.1 Å². The van der Waals surface area contributed by atoms with Crippen molar-refractivity contribution in [3.05, 3.63) is 47.8 Å². The van der Waals surface area contributed by atoms with E-state index in [1.807, 2.05) is 0 Å². The maximum atomic E-state index is 12.4. The lowest BCUT2D eigenvalue weighted by atomic mass is 10.1. The third-order valence-electron chi connectivity index (χ3n) is 3.39. The molecule has 1 aromatic carbocycles. The molecule has 0 spiro atoms. The normalized spacial score (nSPS) is 10.2. The Hall–Kier alpha value is -3.00. The number of esters is 1. The highest BCUT2D eigenvalue weighted by atomic mass is 16.5. The van der Waals surface area contributed by atoms with Crippen LogP contribution >= 0.6 is 0 Å². The van der Waals surface area contributed by atoms with E-state index in [0.29, 0.717) is 30.4 Å². The van der Waals surface area contributed by atoms with Gasteiger partial charge in [-0.2, -0.15) is 0 Å². The number of benzene rings is 1. The van der Waals surface area contributed by atoms with E-state index < -0.39 is 11.9 Å². The van der Waals surface area contributed by atoms with Crippen LogP contribution in [0.2, 0.25) is 0 Å². The molecular weight excluding hydrogens is 336 g/mol. The Morgan fingerprint density at radius 2 is 1.88 bits per heavy atom. The van der Waals surface area contributed by atoms with E-state index in [1.165, 1.54) is 12.4 Å². The van der Waals surface area contributed by atoms with E-state index in [-0.39, 0.29) is 12.2 Å². The van der Waals surface area contributed by atoms with E-state index in [1.54, 1.807) is 38.3 Å². The molecule has 0 aliphatic heterocycles. The van der Waals surface area contributed by atoms with E-state index in [4.69, 9.17) is 9.47 Å². The Morgan fingerprint density at radius 1 is 1.15 bits per heavy atom. The number of carbonyl (C=O) groups excluding carboxylic acids is 2. The predicted molar refractivity (Wildman–Crippen MR) is 97.4 cm³/mol. The Balaban J connectivity index is 2.01. The molecule has 8 heteroatoms. The number of hydrogen-bond donors (Lipinski definition) is 2. The highest BCUT2D eigenvalue weighted by Crippen LogP contribution is 2.17. The standard InChI is InChI=1S/C18H22N4O4/c1-3-26-17(24)14-7-4-5-8-15(14)22-16(23)13-11-20-18(21-12-13)19-9-6-10-25-2/h4-5,7-8,11-12H,3,6,9-10H2,1-2H3,(H,22,23)(H,19,20,21). The van der Waals surface area contributed by atoms with E-state index in [2.05, 4.69) is 20.6 Å². The van der Waals surface area contributed by atoms with E-state index >= 15 is 0 Å². The van der Waals surface area contributed by atoms with Crippen LogP contribution in [0, 0.1) is 0 Å².